The molecule has 1 amide bonds. The van der Waals surface area contributed by atoms with Crippen molar-refractivity contribution in [1.82, 2.24) is 4.98 Å². The van der Waals surface area contributed by atoms with Crippen molar-refractivity contribution < 1.29 is 13.9 Å². The van der Waals surface area contributed by atoms with Crippen LogP contribution in [0.15, 0.2) is 71.1 Å². The summed E-state index contributed by atoms with van der Waals surface area (Å²) in [6.07, 6.45) is 0. The summed E-state index contributed by atoms with van der Waals surface area (Å²) in [6.45, 7) is 2.03. The van der Waals surface area contributed by atoms with Crippen LogP contribution in [0.25, 0.3) is 22.6 Å². The minimum Gasteiger partial charge on any atom is -0.497 e. The molecule has 0 bridgehead atoms. The maximum absolute atomic E-state index is 12.4. The highest BCUT2D eigenvalue weighted by molar-refractivity contribution is 6.05. The van der Waals surface area contributed by atoms with Gasteiger partial charge in [0.2, 0.25) is 5.89 Å². The van der Waals surface area contributed by atoms with Crippen molar-refractivity contribution in [2.45, 2.75) is 6.92 Å². The molecule has 0 aliphatic heterocycles. The third kappa shape index (κ3) is 3.53. The number of nitrogens with zero attached hydrogens (tertiary/aromatic N) is 1. The van der Waals surface area contributed by atoms with Crippen molar-refractivity contribution in [1.29, 1.82) is 0 Å². The number of aryl methyl sites for hydroxylation is 1. The Morgan fingerprint density at radius 3 is 2.59 bits per heavy atom. The van der Waals surface area contributed by atoms with Crippen LogP contribution in [-0.4, -0.2) is 18.0 Å². The van der Waals surface area contributed by atoms with Crippen LogP contribution in [0.4, 0.5) is 5.69 Å². The van der Waals surface area contributed by atoms with Crippen LogP contribution in [-0.2, 0) is 0 Å². The molecule has 1 heterocycles. The molecule has 0 unspecified atom stereocenters. The number of ether oxygens (including phenoxy) is 1. The average Bonchev–Trinajstić information content (AvgIpc) is 3.11. The third-order valence-corrected chi connectivity index (χ3v) is 4.26. The maximum Gasteiger partial charge on any atom is 0.255 e. The van der Waals surface area contributed by atoms with Gasteiger partial charge >= 0.3 is 0 Å². The van der Waals surface area contributed by atoms with Crippen molar-refractivity contribution in [2.75, 3.05) is 12.4 Å². The lowest BCUT2D eigenvalue weighted by atomic mass is 10.1. The first-order valence-electron chi connectivity index (χ1n) is 8.55. The van der Waals surface area contributed by atoms with Gasteiger partial charge in [0.15, 0.2) is 5.58 Å². The van der Waals surface area contributed by atoms with E-state index < -0.39 is 0 Å². The zero-order valence-electron chi connectivity index (χ0n) is 15.0. The van der Waals surface area contributed by atoms with Gasteiger partial charge in [0, 0.05) is 16.8 Å². The predicted molar refractivity (Wildman–Crippen MR) is 105 cm³/mol. The maximum atomic E-state index is 12.4. The van der Waals surface area contributed by atoms with Crippen LogP contribution in [0.1, 0.15) is 15.9 Å². The first kappa shape index (κ1) is 16.8. The quantitative estimate of drug-likeness (QED) is 0.553. The third-order valence-electron chi connectivity index (χ3n) is 4.26. The minimum atomic E-state index is -0.195. The number of hydrogen-bond donors (Lipinski definition) is 1. The number of fused-ring (bicyclic) bond motifs is 1. The molecule has 0 fully saturated rings. The fourth-order valence-electron chi connectivity index (χ4n) is 2.85. The van der Waals surface area contributed by atoms with Gasteiger partial charge in [0.05, 0.1) is 7.11 Å². The lowest BCUT2D eigenvalue weighted by Crippen LogP contribution is -2.11. The Hall–Kier alpha value is -3.60. The molecule has 0 aliphatic carbocycles. The summed E-state index contributed by atoms with van der Waals surface area (Å²) < 4.78 is 11.0. The summed E-state index contributed by atoms with van der Waals surface area (Å²) in [5.74, 6) is 1.07. The summed E-state index contributed by atoms with van der Waals surface area (Å²) >= 11 is 0. The van der Waals surface area contributed by atoms with Gasteiger partial charge in [-0.3, -0.25) is 4.79 Å². The SMILES string of the molecule is COc1ccc(C(=O)Nc2ccc3oc(-c4cccc(C)c4)nc3c2)cc1. The van der Waals surface area contributed by atoms with Gasteiger partial charge in [-0.25, -0.2) is 4.98 Å². The van der Waals surface area contributed by atoms with E-state index in [4.69, 9.17) is 9.15 Å². The highest BCUT2D eigenvalue weighted by Crippen LogP contribution is 2.27. The molecule has 4 aromatic rings. The van der Waals surface area contributed by atoms with Gasteiger partial charge in [-0.1, -0.05) is 17.7 Å². The van der Waals surface area contributed by atoms with Crippen molar-refractivity contribution in [2.24, 2.45) is 0 Å². The van der Waals surface area contributed by atoms with Gasteiger partial charge in [-0.15, -0.1) is 0 Å². The number of aromatic nitrogens is 1. The van der Waals surface area contributed by atoms with Crippen molar-refractivity contribution in [3.05, 3.63) is 77.9 Å². The van der Waals surface area contributed by atoms with Gasteiger partial charge in [-0.2, -0.15) is 0 Å². The van der Waals surface area contributed by atoms with E-state index in [-0.39, 0.29) is 5.91 Å². The molecule has 0 atom stereocenters. The first-order chi connectivity index (χ1) is 13.1. The van der Waals surface area contributed by atoms with E-state index >= 15 is 0 Å². The first-order valence-corrected chi connectivity index (χ1v) is 8.55. The van der Waals surface area contributed by atoms with E-state index in [1.807, 2.05) is 37.3 Å². The number of nitrogens with one attached hydrogen (secondary N) is 1. The van der Waals surface area contributed by atoms with E-state index in [1.165, 1.54) is 0 Å². The zero-order chi connectivity index (χ0) is 18.8. The van der Waals surface area contributed by atoms with E-state index in [2.05, 4.69) is 10.3 Å². The summed E-state index contributed by atoms with van der Waals surface area (Å²) in [7, 11) is 1.59. The van der Waals surface area contributed by atoms with Crippen LogP contribution < -0.4 is 10.1 Å². The van der Waals surface area contributed by atoms with Crippen LogP contribution in [0.5, 0.6) is 5.75 Å². The Morgan fingerprint density at radius 2 is 1.85 bits per heavy atom. The van der Waals surface area contributed by atoms with E-state index in [1.54, 1.807) is 43.5 Å². The Balaban J connectivity index is 1.58. The number of amides is 1. The Kier molecular flexibility index (Phi) is 4.34. The predicted octanol–water partition coefficient (Wildman–Crippen LogP) is 5.06. The second-order valence-corrected chi connectivity index (χ2v) is 6.25. The van der Waals surface area contributed by atoms with Gasteiger partial charge < -0.3 is 14.5 Å². The number of hydrogen-bond acceptors (Lipinski definition) is 4. The normalized spacial score (nSPS) is 10.7. The second-order valence-electron chi connectivity index (χ2n) is 6.25. The van der Waals surface area contributed by atoms with Gasteiger partial charge in [0.25, 0.3) is 5.91 Å². The number of oxazole rings is 1. The monoisotopic (exact) mass is 358 g/mol. The Labute approximate surface area is 156 Å². The van der Waals surface area contributed by atoms with E-state index in [0.717, 1.165) is 11.1 Å². The average molecular weight is 358 g/mol. The topological polar surface area (TPSA) is 64.4 Å². The van der Waals surface area contributed by atoms with Crippen molar-refractivity contribution >= 4 is 22.7 Å². The summed E-state index contributed by atoms with van der Waals surface area (Å²) in [4.78, 5) is 17.0. The largest absolute Gasteiger partial charge is 0.497 e. The minimum absolute atomic E-state index is 0.195. The summed E-state index contributed by atoms with van der Waals surface area (Å²) in [5, 5.41) is 2.88. The molecule has 134 valence electrons. The fourth-order valence-corrected chi connectivity index (χ4v) is 2.85. The summed E-state index contributed by atoms with van der Waals surface area (Å²) in [5.41, 5.74) is 4.65. The zero-order valence-corrected chi connectivity index (χ0v) is 15.0. The smallest absolute Gasteiger partial charge is 0.255 e. The molecule has 0 aliphatic rings. The number of benzene rings is 3. The van der Waals surface area contributed by atoms with Crippen molar-refractivity contribution in [3.63, 3.8) is 0 Å². The molecular formula is C22H18N2O3. The number of methoxy groups -OCH3 is 1. The highest BCUT2D eigenvalue weighted by atomic mass is 16.5. The second kappa shape index (κ2) is 6.96. The molecule has 5 heteroatoms. The van der Waals surface area contributed by atoms with Crippen LogP contribution >= 0.6 is 0 Å². The molecule has 0 saturated carbocycles. The molecule has 3 aromatic carbocycles. The van der Waals surface area contributed by atoms with Gasteiger partial charge in [-0.05, 0) is 61.5 Å². The highest BCUT2D eigenvalue weighted by Gasteiger charge is 2.11. The lowest BCUT2D eigenvalue weighted by molar-refractivity contribution is 0.102. The lowest BCUT2D eigenvalue weighted by Gasteiger charge is -2.06. The number of anilines is 1. The molecule has 0 radical (unpaired) electrons. The number of carbonyl (C=O) groups is 1. The van der Waals surface area contributed by atoms with Crippen LogP contribution in [0, 0.1) is 6.92 Å². The van der Waals surface area contributed by atoms with Crippen LogP contribution in [0.3, 0.4) is 0 Å². The van der Waals surface area contributed by atoms with E-state index in [0.29, 0.717) is 34.0 Å². The standard InChI is InChI=1S/C22H18N2O3/c1-14-4-3-5-16(12-14)22-24-19-13-17(8-11-20(19)27-22)23-21(25)15-6-9-18(26-2)10-7-15/h3-13H,1-2H3,(H,23,25). The van der Waals surface area contributed by atoms with Gasteiger partial charge in [0.1, 0.15) is 11.3 Å². The molecule has 5 nitrogen and oxygen atoms in total. The molecule has 4 rings (SSSR count). The molecule has 1 N–H and O–H groups in total. The summed E-state index contributed by atoms with van der Waals surface area (Å²) in [6, 6.07) is 20.4. The fraction of sp³-hybridized carbons (Fsp3) is 0.0909. The molecule has 1 aromatic heterocycles. The number of carbonyl (C=O) groups excluding carboxylic acids is 1. The Bertz CT molecular complexity index is 1110. The molecule has 0 spiro atoms. The molecular weight excluding hydrogens is 340 g/mol. The van der Waals surface area contributed by atoms with E-state index in [9.17, 15) is 4.79 Å². The van der Waals surface area contributed by atoms with Crippen molar-refractivity contribution in [3.8, 4) is 17.2 Å². The molecule has 27 heavy (non-hydrogen) atoms. The molecule has 0 saturated heterocycles. The number of rotatable bonds is 4. The van der Waals surface area contributed by atoms with Crippen LogP contribution in [0.2, 0.25) is 0 Å². The Morgan fingerprint density at radius 1 is 1.04 bits per heavy atom.